The fraction of sp³-hybridized carbons (Fsp3) is 0.526. The number of thioether (sulfide) groups is 1. The lowest BCUT2D eigenvalue weighted by Gasteiger charge is -2.35. The Labute approximate surface area is 172 Å². The monoisotopic (exact) mass is 415 g/mol. The zero-order valence-corrected chi connectivity index (χ0v) is 17.6. The zero-order valence-electron chi connectivity index (χ0n) is 16.8. The summed E-state index contributed by atoms with van der Waals surface area (Å²) in [4.78, 5) is 42.6. The number of piperidine rings is 1. The van der Waals surface area contributed by atoms with Gasteiger partial charge in [0.1, 0.15) is 0 Å². The molecule has 1 aliphatic rings. The van der Waals surface area contributed by atoms with Crippen molar-refractivity contribution in [1.82, 2.24) is 29.1 Å². The minimum Gasteiger partial charge on any atom is -0.342 e. The van der Waals surface area contributed by atoms with E-state index in [1.807, 2.05) is 4.57 Å². The van der Waals surface area contributed by atoms with Crippen molar-refractivity contribution in [3.63, 3.8) is 0 Å². The lowest BCUT2D eigenvalue weighted by molar-refractivity contribution is 0.352. The summed E-state index contributed by atoms with van der Waals surface area (Å²) in [6.45, 7) is 6.81. The average molecular weight is 416 g/mol. The molecular weight excluding hydrogens is 390 g/mol. The highest BCUT2D eigenvalue weighted by molar-refractivity contribution is 7.99. The minimum absolute atomic E-state index is 0.402. The van der Waals surface area contributed by atoms with E-state index in [0.29, 0.717) is 40.5 Å². The third-order valence-electron chi connectivity index (χ3n) is 5.23. The number of H-pyrrole nitrogens is 1. The number of aryl methyl sites for hydroxylation is 2. The van der Waals surface area contributed by atoms with E-state index in [2.05, 4.69) is 33.7 Å². The molecule has 0 aliphatic carbocycles. The third-order valence-corrected chi connectivity index (χ3v) is 6.08. The van der Waals surface area contributed by atoms with Gasteiger partial charge in [-0.15, -0.1) is 0 Å². The fourth-order valence-corrected chi connectivity index (χ4v) is 4.82. The quantitative estimate of drug-likeness (QED) is 0.497. The van der Waals surface area contributed by atoms with Crippen molar-refractivity contribution >= 4 is 28.9 Å². The Bertz CT molecular complexity index is 1110. The number of nitrogens with one attached hydrogen (secondary N) is 1. The van der Waals surface area contributed by atoms with Gasteiger partial charge in [0.05, 0.1) is 0 Å². The summed E-state index contributed by atoms with van der Waals surface area (Å²) in [5.74, 6) is 2.52. The van der Waals surface area contributed by atoms with Crippen LogP contribution < -0.4 is 16.1 Å². The lowest BCUT2D eigenvalue weighted by Crippen LogP contribution is -2.40. The van der Waals surface area contributed by atoms with Crippen LogP contribution in [0.4, 0.5) is 5.95 Å². The third kappa shape index (κ3) is 3.93. The fourth-order valence-electron chi connectivity index (χ4n) is 4.09. The normalized spacial score (nSPS) is 19.8. The Morgan fingerprint density at radius 1 is 1.17 bits per heavy atom. The van der Waals surface area contributed by atoms with Crippen LogP contribution in [0.5, 0.6) is 0 Å². The Morgan fingerprint density at radius 2 is 1.86 bits per heavy atom. The molecule has 154 valence electrons. The number of hydrogen-bond donors (Lipinski definition) is 1. The maximum absolute atomic E-state index is 12.7. The molecule has 9 nitrogen and oxygen atoms in total. The van der Waals surface area contributed by atoms with Gasteiger partial charge in [0.2, 0.25) is 5.95 Å². The van der Waals surface area contributed by atoms with E-state index >= 15 is 0 Å². The summed E-state index contributed by atoms with van der Waals surface area (Å²) in [6, 6.07) is 1.78. The number of aromatic amines is 1. The molecule has 29 heavy (non-hydrogen) atoms. The van der Waals surface area contributed by atoms with Crippen LogP contribution in [-0.2, 0) is 13.6 Å². The van der Waals surface area contributed by atoms with Crippen LogP contribution in [0, 0.1) is 11.8 Å². The van der Waals surface area contributed by atoms with Crippen LogP contribution in [0.2, 0.25) is 0 Å². The van der Waals surface area contributed by atoms with Crippen LogP contribution in [-0.4, -0.2) is 47.9 Å². The molecule has 0 radical (unpaired) electrons. The maximum Gasteiger partial charge on any atom is 0.329 e. The first-order valence-corrected chi connectivity index (χ1v) is 10.8. The van der Waals surface area contributed by atoms with Crippen molar-refractivity contribution in [3.8, 4) is 0 Å². The van der Waals surface area contributed by atoms with E-state index in [9.17, 15) is 9.59 Å². The number of imidazole rings is 1. The highest BCUT2D eigenvalue weighted by Gasteiger charge is 2.27. The van der Waals surface area contributed by atoms with Crippen LogP contribution in [0.15, 0.2) is 33.2 Å². The van der Waals surface area contributed by atoms with Crippen LogP contribution in [0.25, 0.3) is 11.2 Å². The van der Waals surface area contributed by atoms with Gasteiger partial charge in [0.25, 0.3) is 5.56 Å². The molecule has 0 aromatic carbocycles. The molecule has 4 heterocycles. The molecule has 1 aliphatic heterocycles. The lowest BCUT2D eigenvalue weighted by atomic mass is 9.92. The molecule has 3 aromatic heterocycles. The molecule has 1 fully saturated rings. The molecule has 0 saturated carbocycles. The Morgan fingerprint density at radius 3 is 2.55 bits per heavy atom. The Balaban J connectivity index is 1.74. The van der Waals surface area contributed by atoms with Gasteiger partial charge in [-0.2, -0.15) is 4.98 Å². The van der Waals surface area contributed by atoms with Crippen molar-refractivity contribution in [3.05, 3.63) is 39.3 Å². The van der Waals surface area contributed by atoms with Crippen molar-refractivity contribution in [2.75, 3.05) is 23.7 Å². The van der Waals surface area contributed by atoms with Gasteiger partial charge in [-0.1, -0.05) is 25.6 Å². The summed E-state index contributed by atoms with van der Waals surface area (Å²) in [5.41, 5.74) is -0.00444. The number of rotatable bonds is 5. The van der Waals surface area contributed by atoms with Gasteiger partial charge in [-0.3, -0.25) is 14.3 Å². The van der Waals surface area contributed by atoms with Crippen LogP contribution >= 0.6 is 11.8 Å². The van der Waals surface area contributed by atoms with E-state index < -0.39 is 11.2 Å². The van der Waals surface area contributed by atoms with Gasteiger partial charge in [0, 0.05) is 44.8 Å². The number of fused-ring (bicyclic) bond motifs is 1. The molecular formula is C19H25N7O2S. The highest BCUT2D eigenvalue weighted by atomic mass is 32.2. The van der Waals surface area contributed by atoms with E-state index in [1.165, 1.54) is 22.7 Å². The van der Waals surface area contributed by atoms with Crippen molar-refractivity contribution in [1.29, 1.82) is 0 Å². The molecule has 4 rings (SSSR count). The summed E-state index contributed by atoms with van der Waals surface area (Å²) in [6.07, 6.45) is 4.60. The molecule has 1 N–H and O–H groups in total. The standard InChI is InChI=1S/C19H25N7O2S/c1-12-9-13(2)11-25(10-12)18-22-15-14(16(27)23-19(28)24(15)3)26(18)7-8-29-17-20-5-4-6-21-17/h4-6,12-13H,7-11H2,1-3H3,(H,23,27,28). The number of aromatic nitrogens is 6. The predicted molar refractivity (Wildman–Crippen MR) is 114 cm³/mol. The second-order valence-corrected chi connectivity index (χ2v) is 8.85. The minimum atomic E-state index is -0.453. The molecule has 2 unspecified atom stereocenters. The highest BCUT2D eigenvalue weighted by Crippen LogP contribution is 2.28. The van der Waals surface area contributed by atoms with E-state index in [-0.39, 0.29) is 0 Å². The van der Waals surface area contributed by atoms with Gasteiger partial charge in [0.15, 0.2) is 16.3 Å². The Hall–Kier alpha value is -2.62. The molecule has 3 aromatic rings. The second kappa shape index (κ2) is 8.02. The zero-order chi connectivity index (χ0) is 20.5. The first-order chi connectivity index (χ1) is 13.9. The number of anilines is 1. The summed E-state index contributed by atoms with van der Waals surface area (Å²) >= 11 is 1.53. The van der Waals surface area contributed by atoms with Crippen molar-refractivity contribution < 1.29 is 0 Å². The number of hydrogen-bond acceptors (Lipinski definition) is 7. The number of nitrogens with zero attached hydrogens (tertiary/aromatic N) is 6. The maximum atomic E-state index is 12.7. The first-order valence-electron chi connectivity index (χ1n) is 9.78. The van der Waals surface area contributed by atoms with E-state index in [1.54, 1.807) is 25.5 Å². The SMILES string of the molecule is CC1CC(C)CN(c2nc3c(c(=O)[nH]c(=O)n3C)n2CCSc2ncccn2)C1. The van der Waals surface area contributed by atoms with Crippen molar-refractivity contribution in [2.24, 2.45) is 18.9 Å². The summed E-state index contributed by atoms with van der Waals surface area (Å²) in [7, 11) is 1.63. The Kier molecular flexibility index (Phi) is 5.44. The van der Waals surface area contributed by atoms with Crippen LogP contribution in [0.3, 0.4) is 0 Å². The van der Waals surface area contributed by atoms with Gasteiger partial charge >= 0.3 is 5.69 Å². The first kappa shape index (κ1) is 19.7. The molecule has 10 heteroatoms. The average Bonchev–Trinajstić information content (AvgIpc) is 3.07. The summed E-state index contributed by atoms with van der Waals surface area (Å²) < 4.78 is 3.34. The summed E-state index contributed by atoms with van der Waals surface area (Å²) in [5, 5.41) is 0.694. The largest absolute Gasteiger partial charge is 0.342 e. The molecule has 0 bridgehead atoms. The molecule has 1 saturated heterocycles. The van der Waals surface area contributed by atoms with Gasteiger partial charge < -0.3 is 9.47 Å². The van der Waals surface area contributed by atoms with Gasteiger partial charge in [-0.25, -0.2) is 14.8 Å². The van der Waals surface area contributed by atoms with E-state index in [4.69, 9.17) is 4.98 Å². The molecule has 2 atom stereocenters. The second-order valence-electron chi connectivity index (χ2n) is 7.78. The van der Waals surface area contributed by atoms with Crippen molar-refractivity contribution in [2.45, 2.75) is 32.0 Å². The topological polar surface area (TPSA) is 102 Å². The smallest absolute Gasteiger partial charge is 0.329 e. The van der Waals surface area contributed by atoms with Crippen LogP contribution in [0.1, 0.15) is 20.3 Å². The molecule has 0 spiro atoms. The van der Waals surface area contributed by atoms with Gasteiger partial charge in [-0.05, 0) is 24.3 Å². The van der Waals surface area contributed by atoms with E-state index in [0.717, 1.165) is 19.0 Å². The predicted octanol–water partition coefficient (Wildman–Crippen LogP) is 1.49. The molecule has 0 amide bonds.